The van der Waals surface area contributed by atoms with Gasteiger partial charge in [-0.2, -0.15) is 0 Å². The Hall–Kier alpha value is -2.60. The van der Waals surface area contributed by atoms with Gasteiger partial charge in [0.05, 0.1) is 0 Å². The van der Waals surface area contributed by atoms with Gasteiger partial charge >= 0.3 is 5.69 Å². The lowest BCUT2D eigenvalue weighted by atomic mass is 10.1. The van der Waals surface area contributed by atoms with Crippen LogP contribution in [0.25, 0.3) is 10.9 Å². The van der Waals surface area contributed by atoms with Gasteiger partial charge < -0.3 is 14.3 Å². The van der Waals surface area contributed by atoms with E-state index in [1.54, 1.807) is 13.2 Å². The van der Waals surface area contributed by atoms with Crippen LogP contribution in [-0.2, 0) is 13.6 Å². The van der Waals surface area contributed by atoms with Gasteiger partial charge in [-0.1, -0.05) is 6.07 Å². The van der Waals surface area contributed by atoms with E-state index in [9.17, 15) is 4.79 Å². The second kappa shape index (κ2) is 6.72. The van der Waals surface area contributed by atoms with Crippen LogP contribution < -0.4 is 10.4 Å². The molecule has 1 N–H and O–H groups in total. The highest BCUT2D eigenvalue weighted by molar-refractivity contribution is 5.85. The predicted octanol–water partition coefficient (Wildman–Crippen LogP) is 2.30. The number of nitrogens with zero attached hydrogens (tertiary/aromatic N) is 3. The maximum Gasteiger partial charge on any atom is 0.347 e. The first kappa shape index (κ1) is 15.9. The minimum atomic E-state index is -0.213. The topological polar surface area (TPSA) is 63.1 Å². The van der Waals surface area contributed by atoms with E-state index in [4.69, 9.17) is 4.74 Å². The third kappa shape index (κ3) is 3.44. The third-order valence-electron chi connectivity index (χ3n) is 4.79. The van der Waals surface area contributed by atoms with Gasteiger partial charge in [0.1, 0.15) is 11.9 Å². The summed E-state index contributed by atoms with van der Waals surface area (Å²) in [6.45, 7) is 2.79. The Kier molecular flexibility index (Phi) is 4.28. The van der Waals surface area contributed by atoms with Crippen LogP contribution in [0.4, 0.5) is 0 Å². The molecular weight excluding hydrogens is 316 g/mol. The second-order valence-corrected chi connectivity index (χ2v) is 6.64. The highest BCUT2D eigenvalue weighted by atomic mass is 16.5. The van der Waals surface area contributed by atoms with Gasteiger partial charge in [-0.25, -0.2) is 9.78 Å². The molecule has 3 aromatic rings. The van der Waals surface area contributed by atoms with E-state index >= 15 is 0 Å². The summed E-state index contributed by atoms with van der Waals surface area (Å²) in [7, 11) is 1.74. The summed E-state index contributed by atoms with van der Waals surface area (Å²) in [5.41, 5.74) is 1.96. The molecule has 25 heavy (non-hydrogen) atoms. The van der Waals surface area contributed by atoms with Crippen molar-refractivity contribution in [2.45, 2.75) is 25.5 Å². The largest absolute Gasteiger partial charge is 0.490 e. The second-order valence-electron chi connectivity index (χ2n) is 6.64. The standard InChI is InChI=1S/C19H22N4O2/c1-22-12-14(11-21-19(22)24)13-23-9-6-15(7-10-23)25-18-4-2-3-17-16(18)5-8-20-17/h2-5,8,11-12,15,20H,6-7,9-10,13H2,1H3. The SMILES string of the molecule is Cn1cc(CN2CCC(Oc3cccc4[nH]ccc34)CC2)cnc1=O. The van der Waals surface area contributed by atoms with Crippen LogP contribution in [-0.4, -0.2) is 38.6 Å². The summed E-state index contributed by atoms with van der Waals surface area (Å²) in [5.74, 6) is 0.958. The highest BCUT2D eigenvalue weighted by Gasteiger charge is 2.21. The highest BCUT2D eigenvalue weighted by Crippen LogP contribution is 2.27. The van der Waals surface area contributed by atoms with Crippen molar-refractivity contribution in [1.29, 1.82) is 0 Å². The molecule has 0 bridgehead atoms. The number of rotatable bonds is 4. The smallest absolute Gasteiger partial charge is 0.347 e. The number of aryl methyl sites for hydroxylation is 1. The molecule has 1 aliphatic heterocycles. The number of hydrogen-bond acceptors (Lipinski definition) is 4. The molecule has 1 aromatic carbocycles. The predicted molar refractivity (Wildman–Crippen MR) is 96.7 cm³/mol. The molecule has 4 rings (SSSR count). The molecule has 1 fully saturated rings. The normalized spacial score (nSPS) is 16.4. The monoisotopic (exact) mass is 338 g/mol. The van der Waals surface area contributed by atoms with E-state index in [0.717, 1.165) is 54.7 Å². The van der Waals surface area contributed by atoms with Crippen LogP contribution in [0.3, 0.4) is 0 Å². The summed E-state index contributed by atoms with van der Waals surface area (Å²) in [5, 5.41) is 1.14. The molecule has 0 atom stereocenters. The van der Waals surface area contributed by atoms with E-state index in [2.05, 4.69) is 27.0 Å². The number of H-pyrrole nitrogens is 1. The molecule has 0 spiro atoms. The Morgan fingerprint density at radius 2 is 2.12 bits per heavy atom. The zero-order chi connectivity index (χ0) is 17.2. The number of nitrogens with one attached hydrogen (secondary N) is 1. The number of ether oxygens (including phenoxy) is 1. The molecular formula is C19H22N4O2. The van der Waals surface area contributed by atoms with Crippen LogP contribution >= 0.6 is 0 Å². The van der Waals surface area contributed by atoms with Gasteiger partial charge in [0.2, 0.25) is 0 Å². The molecule has 0 radical (unpaired) electrons. The van der Waals surface area contributed by atoms with E-state index in [0.29, 0.717) is 0 Å². The molecule has 6 nitrogen and oxygen atoms in total. The maximum absolute atomic E-state index is 11.4. The molecule has 3 heterocycles. The molecule has 1 aliphatic rings. The van der Waals surface area contributed by atoms with E-state index in [-0.39, 0.29) is 11.8 Å². The van der Waals surface area contributed by atoms with Gasteiger partial charge in [0, 0.05) is 61.7 Å². The number of fused-ring (bicyclic) bond motifs is 1. The fourth-order valence-electron chi connectivity index (χ4n) is 3.43. The first-order chi connectivity index (χ1) is 12.2. The van der Waals surface area contributed by atoms with Gasteiger partial charge in [0.25, 0.3) is 0 Å². The average Bonchev–Trinajstić information content (AvgIpc) is 3.10. The lowest BCUT2D eigenvalue weighted by Gasteiger charge is -2.32. The van der Waals surface area contributed by atoms with Crippen molar-refractivity contribution in [3.8, 4) is 5.75 Å². The zero-order valence-corrected chi connectivity index (χ0v) is 14.3. The molecule has 6 heteroatoms. The van der Waals surface area contributed by atoms with Gasteiger partial charge in [-0.05, 0) is 31.0 Å². The van der Waals surface area contributed by atoms with Gasteiger partial charge in [0.15, 0.2) is 0 Å². The first-order valence-electron chi connectivity index (χ1n) is 8.66. The van der Waals surface area contributed by atoms with Crippen LogP contribution in [0.2, 0.25) is 0 Å². The molecule has 0 aliphatic carbocycles. The average molecular weight is 338 g/mol. The minimum absolute atomic E-state index is 0.213. The fourth-order valence-corrected chi connectivity index (χ4v) is 3.43. The van der Waals surface area contributed by atoms with Gasteiger partial charge in [-0.15, -0.1) is 0 Å². The molecule has 2 aromatic heterocycles. The van der Waals surface area contributed by atoms with Crippen molar-refractivity contribution in [3.63, 3.8) is 0 Å². The van der Waals surface area contributed by atoms with Crippen molar-refractivity contribution in [1.82, 2.24) is 19.4 Å². The molecule has 0 amide bonds. The van der Waals surface area contributed by atoms with Crippen molar-refractivity contribution in [3.05, 3.63) is 58.9 Å². The van der Waals surface area contributed by atoms with Crippen LogP contribution in [0, 0.1) is 0 Å². The van der Waals surface area contributed by atoms with Crippen LogP contribution in [0.1, 0.15) is 18.4 Å². The zero-order valence-electron chi connectivity index (χ0n) is 14.3. The Morgan fingerprint density at radius 1 is 1.28 bits per heavy atom. The lowest BCUT2D eigenvalue weighted by molar-refractivity contribution is 0.0978. The van der Waals surface area contributed by atoms with Crippen molar-refractivity contribution < 1.29 is 4.74 Å². The Bertz CT molecular complexity index is 922. The van der Waals surface area contributed by atoms with E-state index in [1.165, 1.54) is 4.57 Å². The lowest BCUT2D eigenvalue weighted by Crippen LogP contribution is -2.38. The summed E-state index contributed by atoms with van der Waals surface area (Å²) >= 11 is 0. The van der Waals surface area contributed by atoms with Crippen molar-refractivity contribution >= 4 is 10.9 Å². The number of benzene rings is 1. The number of piperidine rings is 1. The van der Waals surface area contributed by atoms with Gasteiger partial charge in [-0.3, -0.25) is 4.90 Å². The first-order valence-corrected chi connectivity index (χ1v) is 8.66. The summed E-state index contributed by atoms with van der Waals surface area (Å²) in [6, 6.07) is 8.19. The number of aromatic amines is 1. The Labute approximate surface area is 146 Å². The summed E-state index contributed by atoms with van der Waals surface area (Å²) in [6.07, 6.45) is 7.73. The summed E-state index contributed by atoms with van der Waals surface area (Å²) < 4.78 is 7.79. The molecule has 0 unspecified atom stereocenters. The quantitative estimate of drug-likeness (QED) is 0.793. The maximum atomic E-state index is 11.4. The minimum Gasteiger partial charge on any atom is -0.490 e. The molecule has 130 valence electrons. The number of aromatic nitrogens is 3. The van der Waals surface area contributed by atoms with E-state index in [1.807, 2.05) is 24.5 Å². The van der Waals surface area contributed by atoms with Crippen molar-refractivity contribution in [2.75, 3.05) is 13.1 Å². The summed E-state index contributed by atoms with van der Waals surface area (Å²) in [4.78, 5) is 20.9. The Morgan fingerprint density at radius 3 is 2.92 bits per heavy atom. The number of likely N-dealkylation sites (tertiary alicyclic amines) is 1. The van der Waals surface area contributed by atoms with E-state index < -0.39 is 0 Å². The number of hydrogen-bond donors (Lipinski definition) is 1. The Balaban J connectivity index is 1.36. The third-order valence-corrected chi connectivity index (χ3v) is 4.79. The fraction of sp³-hybridized carbons (Fsp3) is 0.368. The molecule has 0 saturated carbocycles. The molecule has 1 saturated heterocycles. The van der Waals surface area contributed by atoms with Crippen LogP contribution in [0.5, 0.6) is 5.75 Å². The van der Waals surface area contributed by atoms with Crippen LogP contribution in [0.15, 0.2) is 47.7 Å². The van der Waals surface area contributed by atoms with Crippen molar-refractivity contribution in [2.24, 2.45) is 7.05 Å².